The first-order valence-electron chi connectivity index (χ1n) is 6.07. The van der Waals surface area contributed by atoms with E-state index < -0.39 is 28.4 Å². The molecule has 0 aliphatic carbocycles. The van der Waals surface area contributed by atoms with E-state index in [-0.39, 0.29) is 10.5 Å². The molecule has 1 amide bonds. The Bertz CT molecular complexity index is 645. The van der Waals surface area contributed by atoms with Crippen molar-refractivity contribution in [2.45, 2.75) is 18.2 Å². The zero-order valence-electron chi connectivity index (χ0n) is 11.2. The number of rotatable bonds is 7. The van der Waals surface area contributed by atoms with E-state index in [1.807, 2.05) is 29.5 Å². The third kappa shape index (κ3) is 5.25. The maximum absolute atomic E-state index is 12.0. The number of benzene rings is 1. The monoisotopic (exact) mass is 426 g/mol. The number of sulfonamides is 1. The average Bonchev–Trinajstić information content (AvgIpc) is 2.42. The van der Waals surface area contributed by atoms with E-state index in [0.29, 0.717) is 10.1 Å². The molecule has 0 aliphatic heterocycles. The van der Waals surface area contributed by atoms with Crippen LogP contribution in [0.3, 0.4) is 0 Å². The van der Waals surface area contributed by atoms with E-state index in [9.17, 15) is 18.0 Å². The van der Waals surface area contributed by atoms with Gasteiger partial charge < -0.3 is 10.4 Å². The maximum atomic E-state index is 12.0. The Morgan fingerprint density at radius 2 is 2.00 bits per heavy atom. The van der Waals surface area contributed by atoms with Gasteiger partial charge in [-0.2, -0.15) is 0 Å². The Morgan fingerprint density at radius 1 is 1.33 bits per heavy atom. The van der Waals surface area contributed by atoms with E-state index in [1.165, 1.54) is 12.1 Å². The van der Waals surface area contributed by atoms with Gasteiger partial charge in [0.15, 0.2) is 0 Å². The van der Waals surface area contributed by atoms with Crippen molar-refractivity contribution in [1.29, 1.82) is 0 Å². The van der Waals surface area contributed by atoms with Gasteiger partial charge in [0.1, 0.15) is 0 Å². The van der Waals surface area contributed by atoms with Crippen LogP contribution in [0.25, 0.3) is 0 Å². The highest BCUT2D eigenvalue weighted by Crippen LogP contribution is 2.17. The van der Waals surface area contributed by atoms with Gasteiger partial charge in [0, 0.05) is 10.1 Å². The summed E-state index contributed by atoms with van der Waals surface area (Å²) >= 11 is 1.81. The van der Waals surface area contributed by atoms with Crippen molar-refractivity contribution < 1.29 is 23.1 Å². The predicted octanol–water partition coefficient (Wildman–Crippen LogP) is 0.794. The van der Waals surface area contributed by atoms with Crippen LogP contribution >= 0.6 is 22.6 Å². The fourth-order valence-electron chi connectivity index (χ4n) is 1.41. The van der Waals surface area contributed by atoms with Gasteiger partial charge in [-0.15, -0.1) is 0 Å². The second-order valence-corrected chi connectivity index (χ2v) is 7.05. The summed E-state index contributed by atoms with van der Waals surface area (Å²) in [6.45, 7) is 1.95. The Morgan fingerprint density at radius 3 is 2.57 bits per heavy atom. The van der Waals surface area contributed by atoms with Crippen molar-refractivity contribution in [3.8, 4) is 0 Å². The fourth-order valence-corrected chi connectivity index (χ4v) is 2.98. The summed E-state index contributed by atoms with van der Waals surface area (Å²) in [6.07, 6.45) is 0.748. The van der Waals surface area contributed by atoms with Crippen molar-refractivity contribution in [3.63, 3.8) is 0 Å². The van der Waals surface area contributed by atoms with E-state index in [1.54, 1.807) is 0 Å². The molecule has 1 aromatic carbocycles. The van der Waals surface area contributed by atoms with E-state index >= 15 is 0 Å². The Balaban J connectivity index is 2.86. The van der Waals surface area contributed by atoms with Gasteiger partial charge in [0.25, 0.3) is 0 Å². The molecule has 1 aromatic rings. The summed E-state index contributed by atoms with van der Waals surface area (Å²) in [6, 6.07) is 3.76. The molecule has 0 fully saturated rings. The number of aromatic carboxylic acids is 1. The van der Waals surface area contributed by atoms with Crippen molar-refractivity contribution in [2.75, 3.05) is 13.1 Å². The lowest BCUT2D eigenvalue weighted by molar-refractivity contribution is -0.119. The molecule has 0 atom stereocenters. The fraction of sp³-hybridized carbons (Fsp3) is 0.333. The first kappa shape index (κ1) is 17.9. The molecule has 9 heteroatoms. The summed E-state index contributed by atoms with van der Waals surface area (Å²) < 4.78 is 26.6. The van der Waals surface area contributed by atoms with Gasteiger partial charge >= 0.3 is 5.97 Å². The molecule has 21 heavy (non-hydrogen) atoms. The van der Waals surface area contributed by atoms with E-state index in [2.05, 4.69) is 10.0 Å². The summed E-state index contributed by atoms with van der Waals surface area (Å²) in [5.74, 6) is -1.65. The highest BCUT2D eigenvalue weighted by atomic mass is 127. The lowest BCUT2D eigenvalue weighted by Gasteiger charge is -2.08. The van der Waals surface area contributed by atoms with Gasteiger partial charge in [-0.05, 0) is 47.2 Å². The summed E-state index contributed by atoms with van der Waals surface area (Å²) in [4.78, 5) is 22.2. The summed E-state index contributed by atoms with van der Waals surface area (Å²) in [5.41, 5.74) is -0.103. The zero-order chi connectivity index (χ0) is 16.0. The molecule has 7 nitrogen and oxygen atoms in total. The molecular formula is C12H15IN2O5S. The normalized spacial score (nSPS) is 11.1. The second-order valence-electron chi connectivity index (χ2n) is 4.12. The minimum Gasteiger partial charge on any atom is -0.478 e. The molecule has 0 aliphatic rings. The molecule has 0 spiro atoms. The third-order valence-corrected chi connectivity index (χ3v) is 4.81. The molecule has 0 saturated heterocycles. The van der Waals surface area contributed by atoms with Gasteiger partial charge in [-0.3, -0.25) is 4.79 Å². The number of carboxylic acids is 1. The van der Waals surface area contributed by atoms with Crippen LogP contribution in [0.2, 0.25) is 0 Å². The highest BCUT2D eigenvalue weighted by Gasteiger charge is 2.18. The summed E-state index contributed by atoms with van der Waals surface area (Å²) in [7, 11) is -3.93. The number of nitrogens with one attached hydrogen (secondary N) is 2. The topological polar surface area (TPSA) is 113 Å². The van der Waals surface area contributed by atoms with Crippen molar-refractivity contribution >= 4 is 44.5 Å². The van der Waals surface area contributed by atoms with Gasteiger partial charge in [0.05, 0.1) is 17.0 Å². The highest BCUT2D eigenvalue weighted by molar-refractivity contribution is 14.1. The van der Waals surface area contributed by atoms with Gasteiger partial charge in [-0.25, -0.2) is 17.9 Å². The molecular weight excluding hydrogens is 411 g/mol. The Kier molecular flexibility index (Phi) is 6.55. The Hall–Kier alpha value is -1.20. The molecule has 116 valence electrons. The molecule has 1 rings (SSSR count). The molecule has 0 heterocycles. The summed E-state index contributed by atoms with van der Waals surface area (Å²) in [5, 5.41) is 11.5. The molecule has 0 aromatic heterocycles. The lowest BCUT2D eigenvalue weighted by Crippen LogP contribution is -2.37. The van der Waals surface area contributed by atoms with Crippen LogP contribution in [-0.2, 0) is 14.8 Å². The first-order valence-corrected chi connectivity index (χ1v) is 8.63. The van der Waals surface area contributed by atoms with E-state index in [4.69, 9.17) is 5.11 Å². The van der Waals surface area contributed by atoms with Crippen LogP contribution in [0.1, 0.15) is 23.7 Å². The number of hydrogen-bond acceptors (Lipinski definition) is 4. The number of carboxylic acid groups (broad SMARTS) is 1. The number of amides is 1. The predicted molar refractivity (Wildman–Crippen MR) is 84.6 cm³/mol. The first-order chi connectivity index (χ1) is 9.77. The minimum atomic E-state index is -3.93. The second kappa shape index (κ2) is 7.71. The number of carbonyl (C=O) groups is 2. The standard InChI is InChI=1S/C12H15IN2O5S/c1-2-5-14-11(16)7-15-21(19,20)8-3-4-10(13)9(6-8)12(17)18/h3-4,6,15H,2,5,7H2,1H3,(H,14,16)(H,17,18). The average molecular weight is 426 g/mol. The quantitative estimate of drug-likeness (QED) is 0.559. The van der Waals surface area contributed by atoms with Crippen molar-refractivity contribution in [1.82, 2.24) is 10.0 Å². The molecule has 0 bridgehead atoms. The van der Waals surface area contributed by atoms with Crippen LogP contribution in [0.15, 0.2) is 23.1 Å². The maximum Gasteiger partial charge on any atom is 0.336 e. The van der Waals surface area contributed by atoms with Crippen molar-refractivity contribution in [3.05, 3.63) is 27.3 Å². The van der Waals surface area contributed by atoms with Gasteiger partial charge in [0.2, 0.25) is 15.9 Å². The largest absolute Gasteiger partial charge is 0.478 e. The van der Waals surface area contributed by atoms with Crippen LogP contribution in [0.5, 0.6) is 0 Å². The zero-order valence-corrected chi connectivity index (χ0v) is 14.2. The number of halogens is 1. The van der Waals surface area contributed by atoms with Crippen LogP contribution in [0, 0.1) is 3.57 Å². The van der Waals surface area contributed by atoms with Gasteiger partial charge in [-0.1, -0.05) is 6.92 Å². The minimum absolute atomic E-state index is 0.103. The van der Waals surface area contributed by atoms with Crippen LogP contribution < -0.4 is 10.0 Å². The molecule has 0 unspecified atom stereocenters. The third-order valence-electron chi connectivity index (χ3n) is 2.47. The smallest absolute Gasteiger partial charge is 0.336 e. The molecule has 3 N–H and O–H groups in total. The van der Waals surface area contributed by atoms with E-state index in [0.717, 1.165) is 12.5 Å². The van der Waals surface area contributed by atoms with Crippen LogP contribution in [0.4, 0.5) is 0 Å². The van der Waals surface area contributed by atoms with Crippen molar-refractivity contribution in [2.24, 2.45) is 0 Å². The SMILES string of the molecule is CCCNC(=O)CNS(=O)(=O)c1ccc(I)c(C(=O)O)c1. The molecule has 0 saturated carbocycles. The number of hydrogen-bond donors (Lipinski definition) is 3. The Labute approximate surface area is 136 Å². The number of carbonyl (C=O) groups excluding carboxylic acids is 1. The van der Waals surface area contributed by atoms with Crippen LogP contribution in [-0.4, -0.2) is 38.5 Å². The molecule has 0 radical (unpaired) electrons. The lowest BCUT2D eigenvalue weighted by atomic mass is 10.2.